The Morgan fingerprint density at radius 2 is 1.97 bits per heavy atom. The minimum atomic E-state index is -4.00. The van der Waals surface area contributed by atoms with E-state index in [1.165, 1.54) is 43.1 Å². The summed E-state index contributed by atoms with van der Waals surface area (Å²) in [5.74, 6) is -1.92. The number of hydrogen-bond donors (Lipinski definition) is 0. The average molecular weight is 469 g/mol. The van der Waals surface area contributed by atoms with Crippen molar-refractivity contribution in [2.24, 2.45) is 5.92 Å². The zero-order valence-electron chi connectivity index (χ0n) is 25.5. The van der Waals surface area contributed by atoms with Crippen LogP contribution in [0.4, 0.5) is 0 Å². The third-order valence-electron chi connectivity index (χ3n) is 5.44. The summed E-state index contributed by atoms with van der Waals surface area (Å²) in [6, 6.07) is 8.32. The first-order chi connectivity index (χ1) is 19.0. The minimum Gasteiger partial charge on any atom is -0.268 e. The van der Waals surface area contributed by atoms with Crippen molar-refractivity contribution in [3.8, 4) is 17.3 Å². The highest BCUT2D eigenvalue weighted by molar-refractivity contribution is 7.90. The molecular formula is C24H24N6O2S. The predicted molar refractivity (Wildman–Crippen MR) is 124 cm³/mol. The van der Waals surface area contributed by atoms with E-state index in [4.69, 9.17) is 11.0 Å². The average Bonchev–Trinajstić information content (AvgIpc) is 3.57. The molecule has 1 fully saturated rings. The monoisotopic (exact) mass is 468 g/mol. The van der Waals surface area contributed by atoms with Gasteiger partial charge in [-0.15, -0.1) is 0 Å². The van der Waals surface area contributed by atoms with Gasteiger partial charge in [0.25, 0.3) is 10.0 Å². The van der Waals surface area contributed by atoms with Gasteiger partial charge in [0.2, 0.25) is 0 Å². The molecule has 0 amide bonds. The summed E-state index contributed by atoms with van der Waals surface area (Å²) in [6.45, 7) is 1.84. The number of aryl methyl sites for hydroxylation is 1. The van der Waals surface area contributed by atoms with E-state index in [0.717, 1.165) is 14.2 Å². The molecule has 33 heavy (non-hydrogen) atoms. The molecule has 1 atom stereocenters. The molecule has 168 valence electrons. The summed E-state index contributed by atoms with van der Waals surface area (Å²) >= 11 is 0. The van der Waals surface area contributed by atoms with Crippen LogP contribution >= 0.6 is 0 Å². The zero-order valence-corrected chi connectivity index (χ0v) is 18.3. The first-order valence-corrected chi connectivity index (χ1v) is 11.5. The molecule has 1 aromatic carbocycles. The molecular weight excluding hydrogens is 436 g/mol. The summed E-state index contributed by atoms with van der Waals surface area (Å²) in [5.41, 5.74) is 1.55. The molecule has 0 aliphatic heterocycles. The van der Waals surface area contributed by atoms with Crippen LogP contribution in [0.3, 0.4) is 0 Å². The lowest BCUT2D eigenvalue weighted by molar-refractivity contribution is 0.315. The zero-order chi connectivity index (χ0) is 30.2. The van der Waals surface area contributed by atoms with Gasteiger partial charge in [-0.05, 0) is 43.8 Å². The molecule has 1 aliphatic carbocycles. The second kappa shape index (κ2) is 8.45. The fourth-order valence-electron chi connectivity index (χ4n) is 3.73. The first kappa shape index (κ1) is 13.9. The number of hydrogen-bond acceptors (Lipinski definition) is 6. The Hall–Kier alpha value is -3.51. The van der Waals surface area contributed by atoms with Gasteiger partial charge in [-0.25, -0.2) is 22.4 Å². The number of fused-ring (bicyclic) bond motifs is 1. The number of benzene rings is 1. The largest absolute Gasteiger partial charge is 0.269 e. The van der Waals surface area contributed by atoms with Gasteiger partial charge < -0.3 is 0 Å². The highest BCUT2D eigenvalue weighted by Gasteiger charge is 2.27. The van der Waals surface area contributed by atoms with Crippen LogP contribution in [-0.2, 0) is 10.0 Å². The molecule has 0 spiro atoms. The number of nitrogens with zero attached hydrogens (tertiary/aromatic N) is 6. The van der Waals surface area contributed by atoms with E-state index >= 15 is 0 Å². The maximum absolute atomic E-state index is 13.3. The fraction of sp³-hybridized carbons (Fsp3) is 0.333. The van der Waals surface area contributed by atoms with Crippen molar-refractivity contribution >= 4 is 21.1 Å². The standard InChI is InChI=1S/C24H24N6O2S/c1-17-6-8-20(9-7-17)33(31,32)30-13-11-21-23(26-16-27-24(21)30)19-14-28-29(15-19)22(10-12-25)18-4-2-3-5-18/h6-9,11,13-16,18,22H,2-5,10H2,1H3/t22-/m1/s1/i2D2,3D2,4D2,5D2. The SMILES string of the molecule is [2H]C1([2H])C([C@@H](CC#N)n2cc(-c3ncnc4c3ccn4S(=O)(=O)c3ccc(C)cc3)cn2)C([2H])([2H])C([2H])([2H])C1([2H])[2H]. The normalized spacial score (nSPS) is 25.3. The number of aromatic nitrogens is 5. The highest BCUT2D eigenvalue weighted by Crippen LogP contribution is 2.37. The van der Waals surface area contributed by atoms with Gasteiger partial charge in [0, 0.05) is 34.3 Å². The highest BCUT2D eigenvalue weighted by atomic mass is 32.2. The second-order valence-electron chi connectivity index (χ2n) is 7.54. The smallest absolute Gasteiger partial charge is 0.268 e. The predicted octanol–water partition coefficient (Wildman–Crippen LogP) is 4.49. The van der Waals surface area contributed by atoms with Crippen molar-refractivity contribution in [2.75, 3.05) is 0 Å². The summed E-state index contributed by atoms with van der Waals surface area (Å²) in [5, 5.41) is 14.1. The maximum atomic E-state index is 13.3. The van der Waals surface area contributed by atoms with E-state index in [9.17, 15) is 13.7 Å². The van der Waals surface area contributed by atoms with Crippen molar-refractivity contribution in [1.29, 1.82) is 5.26 Å². The molecule has 0 N–H and O–H groups in total. The second-order valence-corrected chi connectivity index (χ2v) is 9.36. The Labute approximate surface area is 203 Å². The van der Waals surface area contributed by atoms with Crippen molar-refractivity contribution in [1.82, 2.24) is 23.7 Å². The van der Waals surface area contributed by atoms with Crippen LogP contribution in [0.15, 0.2) is 60.1 Å². The number of rotatable bonds is 6. The van der Waals surface area contributed by atoms with Crippen LogP contribution < -0.4 is 0 Å². The van der Waals surface area contributed by atoms with Crippen molar-refractivity contribution in [3.63, 3.8) is 0 Å². The van der Waals surface area contributed by atoms with Crippen LogP contribution in [0.5, 0.6) is 0 Å². The third kappa shape index (κ3) is 3.80. The van der Waals surface area contributed by atoms with Gasteiger partial charge >= 0.3 is 0 Å². The van der Waals surface area contributed by atoms with E-state index in [0.29, 0.717) is 10.9 Å². The topological polar surface area (TPSA) is 106 Å². The lowest BCUT2D eigenvalue weighted by atomic mass is 9.96. The van der Waals surface area contributed by atoms with Crippen molar-refractivity contribution in [3.05, 3.63) is 60.8 Å². The molecule has 9 heteroatoms. The molecule has 5 rings (SSSR count). The molecule has 4 aromatic rings. The van der Waals surface area contributed by atoms with Crippen LogP contribution in [0, 0.1) is 24.2 Å². The van der Waals surface area contributed by atoms with Crippen molar-refractivity contribution < 1.29 is 19.4 Å². The van der Waals surface area contributed by atoms with Gasteiger partial charge in [-0.1, -0.05) is 30.4 Å². The molecule has 0 unspecified atom stereocenters. The number of nitriles is 1. The maximum Gasteiger partial charge on any atom is 0.269 e. The first-order valence-electron chi connectivity index (χ1n) is 14.1. The van der Waals surface area contributed by atoms with Crippen LogP contribution in [0.2, 0.25) is 0 Å². The Balaban J connectivity index is 1.59. The Morgan fingerprint density at radius 3 is 2.70 bits per heavy atom. The summed E-state index contributed by atoms with van der Waals surface area (Å²) in [6.07, 6.45) is -7.71. The van der Waals surface area contributed by atoms with Gasteiger partial charge in [0.15, 0.2) is 5.65 Å². The van der Waals surface area contributed by atoms with Crippen LogP contribution in [0.25, 0.3) is 22.3 Å². The van der Waals surface area contributed by atoms with Gasteiger partial charge in [0.1, 0.15) is 6.33 Å². The van der Waals surface area contributed by atoms with E-state index in [1.54, 1.807) is 12.1 Å². The van der Waals surface area contributed by atoms with Crippen LogP contribution in [0.1, 0.15) is 54.5 Å². The van der Waals surface area contributed by atoms with E-state index in [1.807, 2.05) is 13.0 Å². The Morgan fingerprint density at radius 1 is 1.21 bits per heavy atom. The van der Waals surface area contributed by atoms with Gasteiger partial charge in [-0.2, -0.15) is 10.4 Å². The molecule has 1 saturated carbocycles. The lowest BCUT2D eigenvalue weighted by Crippen LogP contribution is -2.17. The molecule has 0 saturated heterocycles. The molecule has 8 nitrogen and oxygen atoms in total. The molecule has 0 radical (unpaired) electrons. The molecule has 0 bridgehead atoms. The molecule has 1 aliphatic rings. The summed E-state index contributed by atoms with van der Waals surface area (Å²) < 4.78 is 94.9. The van der Waals surface area contributed by atoms with Crippen LogP contribution in [-0.4, -0.2) is 32.1 Å². The molecule has 3 aromatic heterocycles. The lowest BCUT2D eigenvalue weighted by Gasteiger charge is -2.21. The van der Waals surface area contributed by atoms with Gasteiger partial charge in [0.05, 0.1) is 35.3 Å². The van der Waals surface area contributed by atoms with Gasteiger partial charge in [-0.3, -0.25) is 4.68 Å². The van der Waals surface area contributed by atoms with E-state index in [-0.39, 0.29) is 16.2 Å². The minimum absolute atomic E-state index is 0.0627. The Kier molecular flexibility index (Phi) is 3.56. The Bertz CT molecular complexity index is 1770. The molecule has 3 heterocycles. The van der Waals surface area contributed by atoms with E-state index < -0.39 is 53.9 Å². The van der Waals surface area contributed by atoms with E-state index in [2.05, 4.69) is 15.1 Å². The third-order valence-corrected chi connectivity index (χ3v) is 7.12. The summed E-state index contributed by atoms with van der Waals surface area (Å²) in [4.78, 5) is 8.49. The van der Waals surface area contributed by atoms with Crippen molar-refractivity contribution in [2.45, 2.75) is 49.8 Å². The quantitative estimate of drug-likeness (QED) is 0.413. The fourth-order valence-corrected chi connectivity index (χ4v) is 5.03. The summed E-state index contributed by atoms with van der Waals surface area (Å²) in [7, 11) is -4.00.